The minimum atomic E-state index is -0.663. The van der Waals surface area contributed by atoms with Crippen LogP contribution in [-0.2, 0) is 9.59 Å². The minimum absolute atomic E-state index is 0.118. The zero-order valence-corrected chi connectivity index (χ0v) is 18.6. The van der Waals surface area contributed by atoms with Crippen LogP contribution in [0, 0.1) is 6.92 Å². The van der Waals surface area contributed by atoms with Gasteiger partial charge in [-0.1, -0.05) is 42.0 Å². The Labute approximate surface area is 183 Å². The van der Waals surface area contributed by atoms with E-state index in [1.165, 1.54) is 0 Å². The predicted molar refractivity (Wildman–Crippen MR) is 121 cm³/mol. The van der Waals surface area contributed by atoms with Crippen LogP contribution < -0.4 is 4.74 Å². The number of rotatable bonds is 8. The Morgan fingerprint density at radius 1 is 1.13 bits per heavy atom. The Hall–Kier alpha value is -3.12. The van der Waals surface area contributed by atoms with Crippen molar-refractivity contribution in [2.24, 2.45) is 0 Å². The molecule has 1 N–H and O–H groups in total. The second-order valence-corrected chi connectivity index (χ2v) is 8.02. The van der Waals surface area contributed by atoms with E-state index < -0.39 is 17.7 Å². The third kappa shape index (κ3) is 4.97. The number of ketones is 1. The highest BCUT2D eigenvalue weighted by Gasteiger charge is 2.45. The van der Waals surface area contributed by atoms with Crippen molar-refractivity contribution in [3.8, 4) is 5.75 Å². The average molecular weight is 423 g/mol. The topological polar surface area (TPSA) is 70.1 Å². The molecular weight excluding hydrogens is 392 g/mol. The number of carbonyl (C=O) groups excluding carboxylic acids is 2. The zero-order valence-electron chi connectivity index (χ0n) is 18.6. The van der Waals surface area contributed by atoms with E-state index in [0.29, 0.717) is 30.9 Å². The maximum atomic E-state index is 13.0. The molecule has 0 bridgehead atoms. The number of amides is 1. The van der Waals surface area contributed by atoms with Crippen molar-refractivity contribution in [2.75, 3.05) is 33.8 Å². The number of aliphatic hydroxyl groups is 1. The Morgan fingerprint density at radius 2 is 1.84 bits per heavy atom. The average Bonchev–Trinajstić information content (AvgIpc) is 2.99. The van der Waals surface area contributed by atoms with Gasteiger partial charge >= 0.3 is 0 Å². The highest BCUT2D eigenvalue weighted by Crippen LogP contribution is 2.40. The van der Waals surface area contributed by atoms with Gasteiger partial charge in [-0.15, -0.1) is 0 Å². The summed E-state index contributed by atoms with van der Waals surface area (Å²) in [7, 11) is 3.93. The number of Topliss-reactive ketones (excluding diaryl/α,β-unsaturated/α-hetero) is 1. The van der Waals surface area contributed by atoms with Crippen LogP contribution in [0.5, 0.6) is 5.75 Å². The van der Waals surface area contributed by atoms with Crippen molar-refractivity contribution < 1.29 is 19.4 Å². The molecule has 0 saturated carbocycles. The smallest absolute Gasteiger partial charge is 0.295 e. The van der Waals surface area contributed by atoms with Crippen LogP contribution in [0.15, 0.2) is 54.1 Å². The van der Waals surface area contributed by atoms with Crippen LogP contribution in [0.3, 0.4) is 0 Å². The van der Waals surface area contributed by atoms with E-state index in [4.69, 9.17) is 4.74 Å². The fourth-order valence-electron chi connectivity index (χ4n) is 3.82. The van der Waals surface area contributed by atoms with Gasteiger partial charge in [-0.2, -0.15) is 0 Å². The van der Waals surface area contributed by atoms with Crippen molar-refractivity contribution in [1.29, 1.82) is 0 Å². The van der Waals surface area contributed by atoms with Gasteiger partial charge in [0.1, 0.15) is 11.5 Å². The largest absolute Gasteiger partial charge is 0.507 e. The van der Waals surface area contributed by atoms with Gasteiger partial charge in [0.25, 0.3) is 11.7 Å². The maximum Gasteiger partial charge on any atom is 0.295 e. The monoisotopic (exact) mass is 422 g/mol. The van der Waals surface area contributed by atoms with Crippen LogP contribution in [0.25, 0.3) is 5.76 Å². The minimum Gasteiger partial charge on any atom is -0.507 e. The standard InChI is InChI=1S/C25H30N2O4/c1-5-31-20-9-6-8-19(16-20)22-21(23(28)18-12-10-17(2)11-13-18)24(29)25(30)27(22)15-7-14-26(3)4/h6,8-13,16,22,28H,5,7,14-15H2,1-4H3/b23-21+. The molecule has 1 heterocycles. The number of aryl methyl sites for hydroxylation is 1. The van der Waals surface area contributed by atoms with Gasteiger partial charge in [-0.3, -0.25) is 9.59 Å². The van der Waals surface area contributed by atoms with Gasteiger partial charge in [0.15, 0.2) is 0 Å². The molecule has 1 amide bonds. The van der Waals surface area contributed by atoms with Crippen molar-refractivity contribution >= 4 is 17.4 Å². The van der Waals surface area contributed by atoms with E-state index in [1.54, 1.807) is 17.0 Å². The number of hydrogen-bond acceptors (Lipinski definition) is 5. The molecule has 1 aliphatic heterocycles. The van der Waals surface area contributed by atoms with E-state index in [9.17, 15) is 14.7 Å². The van der Waals surface area contributed by atoms with Gasteiger partial charge < -0.3 is 19.6 Å². The lowest BCUT2D eigenvalue weighted by Crippen LogP contribution is -2.32. The Kier molecular flexibility index (Phi) is 7.13. The molecule has 2 aromatic carbocycles. The van der Waals surface area contributed by atoms with E-state index >= 15 is 0 Å². The third-order valence-electron chi connectivity index (χ3n) is 5.35. The van der Waals surface area contributed by atoms with Gasteiger partial charge in [-0.25, -0.2) is 0 Å². The van der Waals surface area contributed by atoms with Crippen LogP contribution in [0.4, 0.5) is 0 Å². The normalized spacial score (nSPS) is 18.1. The first-order valence-corrected chi connectivity index (χ1v) is 10.6. The van der Waals surface area contributed by atoms with E-state index in [0.717, 1.165) is 17.7 Å². The van der Waals surface area contributed by atoms with Crippen LogP contribution >= 0.6 is 0 Å². The van der Waals surface area contributed by atoms with Gasteiger partial charge in [0.05, 0.1) is 18.2 Å². The van der Waals surface area contributed by atoms with E-state index in [2.05, 4.69) is 0 Å². The molecule has 0 radical (unpaired) electrons. The molecule has 0 spiro atoms. The fourth-order valence-corrected chi connectivity index (χ4v) is 3.82. The van der Waals surface area contributed by atoms with Crippen molar-refractivity contribution in [1.82, 2.24) is 9.80 Å². The number of aliphatic hydroxyl groups excluding tert-OH is 1. The molecule has 3 rings (SSSR count). The summed E-state index contributed by atoms with van der Waals surface area (Å²) >= 11 is 0. The third-order valence-corrected chi connectivity index (χ3v) is 5.35. The van der Waals surface area contributed by atoms with Crippen molar-refractivity contribution in [3.05, 3.63) is 70.8 Å². The first kappa shape index (κ1) is 22.6. The van der Waals surface area contributed by atoms with Gasteiger partial charge in [0.2, 0.25) is 0 Å². The van der Waals surface area contributed by atoms with Gasteiger partial charge in [-0.05, 0) is 58.6 Å². The molecule has 1 atom stereocenters. The Balaban J connectivity index is 2.09. The lowest BCUT2D eigenvalue weighted by atomic mass is 9.95. The van der Waals surface area contributed by atoms with Crippen LogP contribution in [0.1, 0.15) is 36.1 Å². The Bertz CT molecular complexity index is 979. The molecule has 164 valence electrons. The molecule has 0 aliphatic carbocycles. The quantitative estimate of drug-likeness (QED) is 0.398. The summed E-state index contributed by atoms with van der Waals surface area (Å²) in [5.74, 6) is -0.733. The van der Waals surface area contributed by atoms with Crippen molar-refractivity contribution in [2.45, 2.75) is 26.3 Å². The molecule has 0 aromatic heterocycles. The molecule has 6 nitrogen and oxygen atoms in total. The first-order valence-electron chi connectivity index (χ1n) is 10.6. The summed E-state index contributed by atoms with van der Waals surface area (Å²) in [6.07, 6.45) is 0.715. The highest BCUT2D eigenvalue weighted by molar-refractivity contribution is 6.46. The highest BCUT2D eigenvalue weighted by atomic mass is 16.5. The summed E-state index contributed by atoms with van der Waals surface area (Å²) in [4.78, 5) is 29.6. The summed E-state index contributed by atoms with van der Waals surface area (Å²) in [5, 5.41) is 11.1. The maximum absolute atomic E-state index is 13.0. The molecule has 1 unspecified atom stereocenters. The summed E-state index contributed by atoms with van der Waals surface area (Å²) in [6.45, 7) is 5.56. The summed E-state index contributed by atoms with van der Waals surface area (Å²) in [5.41, 5.74) is 2.42. The Morgan fingerprint density at radius 3 is 2.48 bits per heavy atom. The van der Waals surface area contributed by atoms with Crippen LogP contribution in [-0.4, -0.2) is 60.4 Å². The first-order chi connectivity index (χ1) is 14.8. The lowest BCUT2D eigenvalue weighted by Gasteiger charge is -2.26. The fraction of sp³-hybridized carbons (Fsp3) is 0.360. The van der Waals surface area contributed by atoms with E-state index in [-0.39, 0.29) is 11.3 Å². The molecule has 1 fully saturated rings. The van der Waals surface area contributed by atoms with Gasteiger partial charge in [0, 0.05) is 12.1 Å². The van der Waals surface area contributed by atoms with Crippen molar-refractivity contribution in [3.63, 3.8) is 0 Å². The SMILES string of the molecule is CCOc1cccc(C2/C(=C(\O)c3ccc(C)cc3)C(=O)C(=O)N2CCCN(C)C)c1. The summed E-state index contributed by atoms with van der Waals surface area (Å²) < 4.78 is 5.63. The molecular formula is C25H30N2O4. The second-order valence-electron chi connectivity index (χ2n) is 8.02. The molecule has 1 aliphatic rings. The predicted octanol–water partition coefficient (Wildman–Crippen LogP) is 3.77. The molecule has 1 saturated heterocycles. The zero-order chi connectivity index (χ0) is 22.5. The van der Waals surface area contributed by atoms with Crippen LogP contribution in [0.2, 0.25) is 0 Å². The number of benzene rings is 2. The number of likely N-dealkylation sites (tertiary alicyclic amines) is 1. The number of ether oxygens (including phenoxy) is 1. The molecule has 31 heavy (non-hydrogen) atoms. The number of nitrogens with zero attached hydrogens (tertiary/aromatic N) is 2. The van der Waals surface area contributed by atoms with E-state index in [1.807, 2.05) is 69.2 Å². The molecule has 6 heteroatoms. The molecule has 2 aromatic rings. The number of hydrogen-bond donors (Lipinski definition) is 1. The lowest BCUT2D eigenvalue weighted by molar-refractivity contribution is -0.139. The number of carbonyl (C=O) groups is 2. The summed E-state index contributed by atoms with van der Waals surface area (Å²) in [6, 6.07) is 14.0. The second kappa shape index (κ2) is 9.79.